The maximum absolute atomic E-state index is 13.2. The fourth-order valence-electron chi connectivity index (χ4n) is 2.77. The van der Waals surface area contributed by atoms with E-state index in [1.54, 1.807) is 0 Å². The summed E-state index contributed by atoms with van der Waals surface area (Å²) in [5.74, 6) is -1.12. The molecule has 3 heteroatoms. The first-order valence-electron chi connectivity index (χ1n) is 7.35. The lowest BCUT2D eigenvalue weighted by Gasteiger charge is -2.26. The summed E-state index contributed by atoms with van der Waals surface area (Å²) in [7, 11) is 0. The zero-order chi connectivity index (χ0) is 14.8. The molecule has 0 heterocycles. The van der Waals surface area contributed by atoms with Gasteiger partial charge in [0.05, 0.1) is 6.10 Å². The van der Waals surface area contributed by atoms with Gasteiger partial charge in [0.15, 0.2) is 11.6 Å². The van der Waals surface area contributed by atoms with Crippen LogP contribution in [0.3, 0.4) is 0 Å². The van der Waals surface area contributed by atoms with Crippen LogP contribution in [0.15, 0.2) is 42.5 Å². The van der Waals surface area contributed by atoms with E-state index in [1.165, 1.54) is 30.9 Å². The third-order valence-electron chi connectivity index (χ3n) is 4.29. The Hall–Kier alpha value is -1.74. The van der Waals surface area contributed by atoms with Crippen LogP contribution in [0, 0.1) is 11.6 Å². The molecule has 0 aliphatic heterocycles. The maximum Gasteiger partial charge on any atom is 0.159 e. The fourth-order valence-corrected chi connectivity index (χ4v) is 2.77. The van der Waals surface area contributed by atoms with Crippen molar-refractivity contribution in [1.82, 2.24) is 0 Å². The van der Waals surface area contributed by atoms with Gasteiger partial charge in [0.25, 0.3) is 0 Å². The van der Waals surface area contributed by atoms with Gasteiger partial charge in [-0.15, -0.1) is 0 Å². The number of rotatable bonds is 4. The monoisotopic (exact) mass is 288 g/mol. The van der Waals surface area contributed by atoms with Crippen LogP contribution in [-0.2, 0) is 6.42 Å². The van der Waals surface area contributed by atoms with Gasteiger partial charge in [-0.1, -0.05) is 36.8 Å². The summed E-state index contributed by atoms with van der Waals surface area (Å²) >= 11 is 0. The van der Waals surface area contributed by atoms with Crippen molar-refractivity contribution in [2.45, 2.75) is 37.7 Å². The Morgan fingerprint density at radius 1 is 1.05 bits per heavy atom. The molecule has 2 aromatic carbocycles. The number of aliphatic hydroxyl groups is 1. The highest BCUT2D eigenvalue weighted by molar-refractivity contribution is 5.30. The van der Waals surface area contributed by atoms with Crippen molar-refractivity contribution < 1.29 is 13.9 Å². The van der Waals surface area contributed by atoms with Gasteiger partial charge in [-0.25, -0.2) is 8.78 Å². The Bertz CT molecular complexity index is 635. The molecule has 0 aromatic heterocycles. The molecule has 1 nitrogen and oxygen atoms in total. The molecule has 21 heavy (non-hydrogen) atoms. The summed E-state index contributed by atoms with van der Waals surface area (Å²) in [6.45, 7) is 0. The second-order valence-electron chi connectivity index (χ2n) is 5.77. The Kier molecular flexibility index (Phi) is 4.02. The van der Waals surface area contributed by atoms with Crippen LogP contribution in [0.25, 0.3) is 0 Å². The van der Waals surface area contributed by atoms with Crippen molar-refractivity contribution in [1.29, 1.82) is 0 Å². The smallest absolute Gasteiger partial charge is 0.159 e. The van der Waals surface area contributed by atoms with Gasteiger partial charge in [-0.2, -0.15) is 0 Å². The van der Waals surface area contributed by atoms with E-state index in [9.17, 15) is 13.9 Å². The molecule has 1 atom stereocenters. The molecular formula is C18H18F2O. The predicted octanol–water partition coefficient (Wildman–Crippen LogP) is 4.51. The molecule has 1 aliphatic rings. The van der Waals surface area contributed by atoms with Gasteiger partial charge in [0.2, 0.25) is 0 Å². The van der Waals surface area contributed by atoms with Crippen molar-refractivity contribution in [2.75, 3.05) is 0 Å². The Balaban J connectivity index is 1.75. The topological polar surface area (TPSA) is 20.2 Å². The zero-order valence-corrected chi connectivity index (χ0v) is 11.7. The predicted molar refractivity (Wildman–Crippen MR) is 78.1 cm³/mol. The molecule has 0 spiro atoms. The molecule has 1 unspecified atom stereocenters. The van der Waals surface area contributed by atoms with Crippen LogP contribution >= 0.6 is 0 Å². The van der Waals surface area contributed by atoms with E-state index in [4.69, 9.17) is 0 Å². The van der Waals surface area contributed by atoms with Gasteiger partial charge >= 0.3 is 0 Å². The summed E-state index contributed by atoms with van der Waals surface area (Å²) < 4.78 is 26.1. The summed E-state index contributed by atoms with van der Waals surface area (Å²) in [4.78, 5) is 0. The molecule has 1 fully saturated rings. The molecule has 1 saturated carbocycles. The number of benzene rings is 2. The van der Waals surface area contributed by atoms with Crippen molar-refractivity contribution >= 4 is 0 Å². The molecule has 1 N–H and O–H groups in total. The lowest BCUT2D eigenvalue weighted by atomic mass is 9.79. The number of halogens is 2. The number of aliphatic hydroxyl groups excluding tert-OH is 1. The third kappa shape index (κ3) is 3.13. The van der Waals surface area contributed by atoms with Gasteiger partial charge in [0, 0.05) is 6.42 Å². The lowest BCUT2D eigenvalue weighted by Crippen LogP contribution is -2.10. The van der Waals surface area contributed by atoms with Gasteiger partial charge in [-0.05, 0) is 47.6 Å². The second kappa shape index (κ2) is 5.94. The standard InChI is InChI=1S/C18H18F2O/c19-16-8-7-12(9-17(16)20)10-18(21)15-6-2-5-14(11-15)13-3-1-4-13/h2,5-9,11,13,18,21H,1,3-4,10H2. The van der Waals surface area contributed by atoms with Gasteiger partial charge in [0.1, 0.15) is 0 Å². The number of hydrogen-bond acceptors (Lipinski definition) is 1. The summed E-state index contributed by atoms with van der Waals surface area (Å²) in [6.07, 6.45) is 3.28. The minimum absolute atomic E-state index is 0.283. The van der Waals surface area contributed by atoms with E-state index in [1.807, 2.05) is 18.2 Å². The largest absolute Gasteiger partial charge is 0.388 e. The van der Waals surface area contributed by atoms with Crippen LogP contribution in [0.2, 0.25) is 0 Å². The van der Waals surface area contributed by atoms with Gasteiger partial charge in [-0.3, -0.25) is 0 Å². The van der Waals surface area contributed by atoms with Crippen LogP contribution in [0.4, 0.5) is 8.78 Å². The summed E-state index contributed by atoms with van der Waals surface area (Å²) in [5.41, 5.74) is 2.70. The molecule has 0 bridgehead atoms. The van der Waals surface area contributed by atoms with E-state index in [0.717, 1.165) is 17.7 Å². The molecule has 0 amide bonds. The zero-order valence-electron chi connectivity index (χ0n) is 11.7. The fraction of sp³-hybridized carbons (Fsp3) is 0.333. The van der Waals surface area contributed by atoms with Gasteiger partial charge < -0.3 is 5.11 Å². The minimum atomic E-state index is -0.872. The molecule has 110 valence electrons. The molecule has 0 radical (unpaired) electrons. The van der Waals surface area contributed by atoms with E-state index in [2.05, 4.69) is 6.07 Å². The SMILES string of the molecule is OC(Cc1ccc(F)c(F)c1)c1cccc(C2CCC2)c1. The highest BCUT2D eigenvalue weighted by Crippen LogP contribution is 2.37. The molecular weight excluding hydrogens is 270 g/mol. The van der Waals surface area contributed by atoms with Crippen molar-refractivity contribution in [3.63, 3.8) is 0 Å². The number of hydrogen-bond donors (Lipinski definition) is 1. The molecule has 1 aliphatic carbocycles. The van der Waals surface area contributed by atoms with E-state index in [0.29, 0.717) is 11.5 Å². The Labute approximate surface area is 123 Å². The van der Waals surface area contributed by atoms with E-state index < -0.39 is 17.7 Å². The Morgan fingerprint density at radius 2 is 1.86 bits per heavy atom. The van der Waals surface area contributed by atoms with Crippen LogP contribution in [-0.4, -0.2) is 5.11 Å². The molecule has 0 saturated heterocycles. The normalized spacial score (nSPS) is 16.5. The first kappa shape index (κ1) is 14.2. The van der Waals surface area contributed by atoms with Crippen molar-refractivity contribution in [3.05, 3.63) is 70.8 Å². The maximum atomic E-state index is 13.2. The quantitative estimate of drug-likeness (QED) is 0.877. The second-order valence-corrected chi connectivity index (χ2v) is 5.77. The van der Waals surface area contributed by atoms with Crippen molar-refractivity contribution in [3.8, 4) is 0 Å². The minimum Gasteiger partial charge on any atom is -0.388 e. The average molecular weight is 288 g/mol. The van der Waals surface area contributed by atoms with E-state index in [-0.39, 0.29) is 6.42 Å². The lowest BCUT2D eigenvalue weighted by molar-refractivity contribution is 0.178. The Morgan fingerprint density at radius 3 is 2.52 bits per heavy atom. The highest BCUT2D eigenvalue weighted by atomic mass is 19.2. The van der Waals surface area contributed by atoms with Crippen LogP contribution in [0.5, 0.6) is 0 Å². The summed E-state index contributed by atoms with van der Waals surface area (Å²) in [6, 6.07) is 11.7. The summed E-state index contributed by atoms with van der Waals surface area (Å²) in [5, 5.41) is 10.3. The van der Waals surface area contributed by atoms with E-state index >= 15 is 0 Å². The highest BCUT2D eigenvalue weighted by Gasteiger charge is 2.20. The molecule has 2 aromatic rings. The third-order valence-corrected chi connectivity index (χ3v) is 4.29. The van der Waals surface area contributed by atoms with Crippen LogP contribution in [0.1, 0.15) is 48.0 Å². The first-order valence-corrected chi connectivity index (χ1v) is 7.35. The average Bonchev–Trinajstić information content (AvgIpc) is 2.41. The molecule has 3 rings (SSSR count). The van der Waals surface area contributed by atoms with Crippen LogP contribution < -0.4 is 0 Å². The van der Waals surface area contributed by atoms with Crippen molar-refractivity contribution in [2.24, 2.45) is 0 Å². The first-order chi connectivity index (χ1) is 10.1.